The summed E-state index contributed by atoms with van der Waals surface area (Å²) in [5, 5.41) is 15.0. The lowest BCUT2D eigenvalue weighted by atomic mass is 10.1. The normalized spacial score (nSPS) is 11.5. The molecule has 1 heterocycles. The van der Waals surface area contributed by atoms with E-state index in [-0.39, 0.29) is 30.0 Å². The molecule has 0 saturated heterocycles. The molecule has 0 spiro atoms. The number of hydrogen-bond acceptors (Lipinski definition) is 6. The number of aryl methyl sites for hydroxylation is 2. The van der Waals surface area contributed by atoms with Gasteiger partial charge < -0.3 is 19.9 Å². The molecule has 2 aromatic carbocycles. The number of nitrogens with one attached hydrogen (secondary N) is 2. The van der Waals surface area contributed by atoms with Crippen molar-refractivity contribution in [3.8, 4) is 5.75 Å². The number of thioether (sulfide) groups is 1. The molecule has 9 heteroatoms. The van der Waals surface area contributed by atoms with Crippen LogP contribution in [-0.4, -0.2) is 39.4 Å². The SMILES string of the molecule is C=CCn1c(SCC(=O)Nc2ccc(C)c(C)c2)nnc1[C@@H](C)NC(=O)Cc1ccc(OC)cc1. The van der Waals surface area contributed by atoms with E-state index < -0.39 is 0 Å². The average Bonchev–Trinajstić information content (AvgIpc) is 3.23. The van der Waals surface area contributed by atoms with Crippen LogP contribution in [0.3, 0.4) is 0 Å². The van der Waals surface area contributed by atoms with Gasteiger partial charge >= 0.3 is 0 Å². The molecule has 8 nitrogen and oxygen atoms in total. The van der Waals surface area contributed by atoms with Crippen molar-refractivity contribution < 1.29 is 14.3 Å². The molecule has 1 atom stereocenters. The number of carbonyl (C=O) groups is 2. The molecule has 184 valence electrons. The Bertz CT molecular complexity index is 1190. The highest BCUT2D eigenvalue weighted by Crippen LogP contribution is 2.22. The second-order valence-corrected chi connectivity index (χ2v) is 9.13. The highest BCUT2D eigenvalue weighted by Gasteiger charge is 2.20. The quantitative estimate of drug-likeness (QED) is 0.306. The van der Waals surface area contributed by atoms with Gasteiger partial charge in [-0.2, -0.15) is 0 Å². The molecule has 0 unspecified atom stereocenters. The van der Waals surface area contributed by atoms with Crippen LogP contribution in [0, 0.1) is 13.8 Å². The van der Waals surface area contributed by atoms with Crippen LogP contribution in [0.2, 0.25) is 0 Å². The number of anilines is 1. The molecule has 2 amide bonds. The van der Waals surface area contributed by atoms with Crippen molar-refractivity contribution in [3.63, 3.8) is 0 Å². The summed E-state index contributed by atoms with van der Waals surface area (Å²) in [7, 11) is 1.60. The first-order chi connectivity index (χ1) is 16.8. The Balaban J connectivity index is 1.60. The van der Waals surface area contributed by atoms with Crippen LogP contribution in [0.1, 0.15) is 35.5 Å². The van der Waals surface area contributed by atoms with E-state index in [2.05, 4.69) is 27.4 Å². The summed E-state index contributed by atoms with van der Waals surface area (Å²) in [6.45, 7) is 10.2. The van der Waals surface area contributed by atoms with Gasteiger partial charge in [-0.05, 0) is 61.7 Å². The van der Waals surface area contributed by atoms with E-state index in [0.717, 1.165) is 22.6 Å². The number of methoxy groups -OCH3 is 1. The molecule has 0 aliphatic heterocycles. The lowest BCUT2D eigenvalue weighted by Crippen LogP contribution is -2.30. The van der Waals surface area contributed by atoms with Gasteiger partial charge in [-0.25, -0.2) is 0 Å². The van der Waals surface area contributed by atoms with E-state index in [1.807, 2.05) is 67.8 Å². The highest BCUT2D eigenvalue weighted by molar-refractivity contribution is 7.99. The maximum absolute atomic E-state index is 12.6. The third kappa shape index (κ3) is 7.19. The number of benzene rings is 2. The fourth-order valence-electron chi connectivity index (χ4n) is 3.46. The highest BCUT2D eigenvalue weighted by atomic mass is 32.2. The van der Waals surface area contributed by atoms with Crippen LogP contribution in [0.15, 0.2) is 60.3 Å². The molecular weight excluding hydrogens is 462 g/mol. The molecule has 0 aliphatic rings. The predicted octanol–water partition coefficient (Wildman–Crippen LogP) is 4.24. The number of ether oxygens (including phenoxy) is 1. The maximum atomic E-state index is 12.6. The average molecular weight is 494 g/mol. The summed E-state index contributed by atoms with van der Waals surface area (Å²) >= 11 is 1.29. The Morgan fingerprint density at radius 3 is 2.51 bits per heavy atom. The molecule has 35 heavy (non-hydrogen) atoms. The number of allylic oxidation sites excluding steroid dienone is 1. The van der Waals surface area contributed by atoms with Crippen molar-refractivity contribution in [1.29, 1.82) is 0 Å². The summed E-state index contributed by atoms with van der Waals surface area (Å²) in [4.78, 5) is 25.1. The Kier molecular flexibility index (Phi) is 9.08. The standard InChI is InChI=1S/C26H31N5O3S/c1-6-13-31-25(19(4)27-23(32)15-20-8-11-22(34-5)12-9-20)29-30-26(31)35-16-24(33)28-21-10-7-17(2)18(3)14-21/h6-12,14,19H,1,13,15-16H2,2-5H3,(H,27,32)(H,28,33)/t19-/m1/s1. The Hall–Kier alpha value is -3.59. The molecule has 2 N–H and O–H groups in total. The smallest absolute Gasteiger partial charge is 0.234 e. The first-order valence-electron chi connectivity index (χ1n) is 11.3. The maximum Gasteiger partial charge on any atom is 0.234 e. The van der Waals surface area contributed by atoms with E-state index in [1.54, 1.807) is 13.2 Å². The van der Waals surface area contributed by atoms with Crippen LogP contribution in [0.4, 0.5) is 5.69 Å². The van der Waals surface area contributed by atoms with Gasteiger partial charge in [0.15, 0.2) is 11.0 Å². The molecule has 0 fully saturated rings. The molecule has 0 bridgehead atoms. The molecule has 1 aromatic heterocycles. The van der Waals surface area contributed by atoms with Crippen molar-refractivity contribution in [2.75, 3.05) is 18.2 Å². The Morgan fingerprint density at radius 1 is 1.11 bits per heavy atom. The van der Waals surface area contributed by atoms with Gasteiger partial charge in [0.05, 0.1) is 25.3 Å². The number of amides is 2. The largest absolute Gasteiger partial charge is 0.497 e. The third-order valence-corrected chi connectivity index (χ3v) is 6.44. The zero-order chi connectivity index (χ0) is 25.4. The molecule has 3 aromatic rings. The summed E-state index contributed by atoms with van der Waals surface area (Å²) < 4.78 is 7.01. The van der Waals surface area contributed by atoms with Crippen molar-refractivity contribution in [1.82, 2.24) is 20.1 Å². The van der Waals surface area contributed by atoms with E-state index in [0.29, 0.717) is 17.5 Å². The minimum absolute atomic E-state index is 0.127. The minimum Gasteiger partial charge on any atom is -0.497 e. The van der Waals surface area contributed by atoms with E-state index in [9.17, 15) is 9.59 Å². The summed E-state index contributed by atoms with van der Waals surface area (Å²) in [5.41, 5.74) is 3.94. The number of hydrogen-bond donors (Lipinski definition) is 2. The second kappa shape index (κ2) is 12.2. The van der Waals surface area contributed by atoms with Crippen LogP contribution >= 0.6 is 11.8 Å². The zero-order valence-corrected chi connectivity index (χ0v) is 21.3. The Morgan fingerprint density at radius 2 is 1.86 bits per heavy atom. The molecular formula is C26H31N5O3S. The molecule has 0 aliphatic carbocycles. The van der Waals surface area contributed by atoms with E-state index in [4.69, 9.17) is 4.74 Å². The topological polar surface area (TPSA) is 98.1 Å². The first kappa shape index (κ1) is 26.0. The van der Waals surface area contributed by atoms with Crippen molar-refractivity contribution in [3.05, 3.63) is 77.6 Å². The van der Waals surface area contributed by atoms with Gasteiger partial charge in [0.25, 0.3) is 0 Å². The van der Waals surface area contributed by atoms with Gasteiger partial charge in [-0.15, -0.1) is 16.8 Å². The predicted molar refractivity (Wildman–Crippen MR) is 139 cm³/mol. The molecule has 0 radical (unpaired) electrons. The van der Waals surface area contributed by atoms with Crippen LogP contribution in [0.25, 0.3) is 0 Å². The van der Waals surface area contributed by atoms with Crippen LogP contribution in [0.5, 0.6) is 5.75 Å². The lowest BCUT2D eigenvalue weighted by Gasteiger charge is -2.15. The van der Waals surface area contributed by atoms with Gasteiger partial charge in [-0.3, -0.25) is 9.59 Å². The van der Waals surface area contributed by atoms with E-state index in [1.165, 1.54) is 17.3 Å². The third-order valence-electron chi connectivity index (χ3n) is 5.47. The lowest BCUT2D eigenvalue weighted by molar-refractivity contribution is -0.121. The number of carbonyl (C=O) groups excluding carboxylic acids is 2. The monoisotopic (exact) mass is 493 g/mol. The van der Waals surface area contributed by atoms with Crippen LogP contribution in [-0.2, 0) is 22.6 Å². The molecule has 0 saturated carbocycles. The van der Waals surface area contributed by atoms with E-state index >= 15 is 0 Å². The van der Waals surface area contributed by atoms with Gasteiger partial charge in [0, 0.05) is 12.2 Å². The van der Waals surface area contributed by atoms with Crippen molar-refractivity contribution in [2.45, 2.75) is 44.9 Å². The number of nitrogens with zero attached hydrogens (tertiary/aromatic N) is 3. The summed E-state index contributed by atoms with van der Waals surface area (Å²) in [5.74, 6) is 1.27. The fraction of sp³-hybridized carbons (Fsp3) is 0.308. The summed E-state index contributed by atoms with van der Waals surface area (Å²) in [6, 6.07) is 12.8. The fourth-order valence-corrected chi connectivity index (χ4v) is 4.21. The van der Waals surface area contributed by atoms with Gasteiger partial charge in [0.2, 0.25) is 11.8 Å². The van der Waals surface area contributed by atoms with Crippen molar-refractivity contribution >= 4 is 29.3 Å². The molecule has 3 rings (SSSR count). The number of rotatable bonds is 11. The first-order valence-corrected chi connectivity index (χ1v) is 12.3. The Labute approximate surface area is 210 Å². The zero-order valence-electron chi connectivity index (χ0n) is 20.5. The van der Waals surface area contributed by atoms with Gasteiger partial charge in [-0.1, -0.05) is 36.0 Å². The second-order valence-electron chi connectivity index (χ2n) is 8.19. The van der Waals surface area contributed by atoms with Crippen molar-refractivity contribution in [2.24, 2.45) is 0 Å². The van der Waals surface area contributed by atoms with Gasteiger partial charge in [0.1, 0.15) is 5.75 Å². The number of aromatic nitrogens is 3. The minimum atomic E-state index is -0.369. The van der Waals surface area contributed by atoms with Crippen LogP contribution < -0.4 is 15.4 Å². The summed E-state index contributed by atoms with van der Waals surface area (Å²) in [6.07, 6.45) is 1.97.